The molecule has 2 amide bonds. The van der Waals surface area contributed by atoms with Gasteiger partial charge in [0.1, 0.15) is 6.04 Å². The summed E-state index contributed by atoms with van der Waals surface area (Å²) < 4.78 is 0. The van der Waals surface area contributed by atoms with Gasteiger partial charge in [0.25, 0.3) is 0 Å². The molecule has 1 atom stereocenters. The van der Waals surface area contributed by atoms with E-state index in [-0.39, 0.29) is 24.4 Å². The first-order valence-corrected chi connectivity index (χ1v) is 15.0. The Bertz CT molecular complexity index is 1180. The van der Waals surface area contributed by atoms with Crippen molar-refractivity contribution in [3.05, 3.63) is 100 Å². The Morgan fingerprint density at radius 3 is 2.29 bits per heavy atom. The molecule has 0 aromatic heterocycles. The van der Waals surface area contributed by atoms with Crippen molar-refractivity contribution < 1.29 is 9.59 Å². The number of rotatable bonds is 11. The van der Waals surface area contributed by atoms with E-state index in [1.807, 2.05) is 78.9 Å². The zero-order valence-corrected chi connectivity index (χ0v) is 23.8. The SMILES string of the molecule is O=C(NC1CCCCC1)[C@@H](Cc1ccccc1)N(Cc1ccccc1Cl)C(=O)CCSc1ccc(Cl)cc1. The van der Waals surface area contributed by atoms with Crippen molar-refractivity contribution in [2.24, 2.45) is 0 Å². The van der Waals surface area contributed by atoms with Gasteiger partial charge in [-0.05, 0) is 54.3 Å². The summed E-state index contributed by atoms with van der Waals surface area (Å²) in [5, 5.41) is 4.55. The fourth-order valence-electron chi connectivity index (χ4n) is 4.84. The largest absolute Gasteiger partial charge is 0.352 e. The molecular formula is C31H34Cl2N2O2S. The van der Waals surface area contributed by atoms with Crippen LogP contribution in [0.25, 0.3) is 0 Å². The Hall–Kier alpha value is -2.47. The summed E-state index contributed by atoms with van der Waals surface area (Å²) in [5.41, 5.74) is 1.85. The van der Waals surface area contributed by atoms with Crippen LogP contribution >= 0.6 is 35.0 Å². The maximum atomic E-state index is 13.8. The van der Waals surface area contributed by atoms with Gasteiger partial charge in [-0.25, -0.2) is 0 Å². The molecule has 1 N–H and O–H groups in total. The van der Waals surface area contributed by atoms with Gasteiger partial charge in [0.05, 0.1) is 0 Å². The summed E-state index contributed by atoms with van der Waals surface area (Å²) >= 11 is 14.1. The van der Waals surface area contributed by atoms with E-state index in [1.54, 1.807) is 16.7 Å². The highest BCUT2D eigenvalue weighted by Crippen LogP contribution is 2.25. The van der Waals surface area contributed by atoms with E-state index in [4.69, 9.17) is 23.2 Å². The molecule has 200 valence electrons. The molecule has 38 heavy (non-hydrogen) atoms. The van der Waals surface area contributed by atoms with Crippen LogP contribution in [0.4, 0.5) is 0 Å². The molecule has 0 aliphatic heterocycles. The molecule has 0 bridgehead atoms. The lowest BCUT2D eigenvalue weighted by Crippen LogP contribution is -2.53. The molecule has 1 aliphatic rings. The predicted octanol–water partition coefficient (Wildman–Crippen LogP) is 7.56. The molecule has 0 heterocycles. The summed E-state index contributed by atoms with van der Waals surface area (Å²) in [7, 11) is 0. The summed E-state index contributed by atoms with van der Waals surface area (Å²) in [6, 6.07) is 24.6. The van der Waals surface area contributed by atoms with Gasteiger partial charge in [0, 0.05) is 46.1 Å². The second-order valence-corrected chi connectivity index (χ2v) is 11.7. The first-order valence-electron chi connectivity index (χ1n) is 13.2. The molecule has 1 aliphatic carbocycles. The highest BCUT2D eigenvalue weighted by Gasteiger charge is 2.32. The third-order valence-electron chi connectivity index (χ3n) is 6.92. The fourth-order valence-corrected chi connectivity index (χ4v) is 6.00. The molecule has 0 spiro atoms. The highest BCUT2D eigenvalue weighted by molar-refractivity contribution is 7.99. The monoisotopic (exact) mass is 568 g/mol. The maximum Gasteiger partial charge on any atom is 0.243 e. The van der Waals surface area contributed by atoms with Crippen LogP contribution in [0.2, 0.25) is 10.0 Å². The molecule has 1 fully saturated rings. The number of thioether (sulfide) groups is 1. The van der Waals surface area contributed by atoms with Gasteiger partial charge in [0.2, 0.25) is 11.8 Å². The fraction of sp³-hybridized carbons (Fsp3) is 0.355. The molecule has 4 nitrogen and oxygen atoms in total. The Balaban J connectivity index is 1.56. The van der Waals surface area contributed by atoms with Crippen molar-refractivity contribution in [1.82, 2.24) is 10.2 Å². The first-order chi connectivity index (χ1) is 18.5. The van der Waals surface area contributed by atoms with Gasteiger partial charge in [-0.2, -0.15) is 0 Å². The van der Waals surface area contributed by atoms with Crippen LogP contribution in [-0.4, -0.2) is 34.6 Å². The Labute approximate surface area is 240 Å². The topological polar surface area (TPSA) is 49.4 Å². The lowest BCUT2D eigenvalue weighted by molar-refractivity contribution is -0.141. The number of carbonyl (C=O) groups is 2. The van der Waals surface area contributed by atoms with Crippen molar-refractivity contribution in [3.63, 3.8) is 0 Å². The van der Waals surface area contributed by atoms with E-state index in [2.05, 4.69) is 5.32 Å². The van der Waals surface area contributed by atoms with Gasteiger partial charge in [-0.15, -0.1) is 11.8 Å². The molecule has 7 heteroatoms. The van der Waals surface area contributed by atoms with Crippen LogP contribution in [0.15, 0.2) is 83.8 Å². The van der Waals surface area contributed by atoms with Crippen LogP contribution in [-0.2, 0) is 22.6 Å². The van der Waals surface area contributed by atoms with Crippen LogP contribution < -0.4 is 5.32 Å². The minimum Gasteiger partial charge on any atom is -0.352 e. The molecule has 3 aromatic carbocycles. The number of hydrogen-bond acceptors (Lipinski definition) is 3. The number of carbonyl (C=O) groups excluding carboxylic acids is 2. The number of nitrogens with zero attached hydrogens (tertiary/aromatic N) is 1. The third kappa shape index (κ3) is 8.52. The van der Waals surface area contributed by atoms with E-state index in [9.17, 15) is 9.59 Å². The number of hydrogen-bond donors (Lipinski definition) is 1. The Kier molecular flexibility index (Phi) is 11.0. The van der Waals surface area contributed by atoms with E-state index in [1.165, 1.54) is 6.42 Å². The van der Waals surface area contributed by atoms with Gasteiger partial charge in [-0.1, -0.05) is 91.0 Å². The van der Waals surface area contributed by atoms with Crippen molar-refractivity contribution in [3.8, 4) is 0 Å². The molecule has 3 aromatic rings. The zero-order valence-electron chi connectivity index (χ0n) is 21.5. The second-order valence-electron chi connectivity index (χ2n) is 9.71. The normalized spacial score (nSPS) is 14.6. The third-order valence-corrected chi connectivity index (χ3v) is 8.55. The molecule has 4 rings (SSSR count). The van der Waals surface area contributed by atoms with Crippen molar-refractivity contribution in [1.29, 1.82) is 0 Å². The van der Waals surface area contributed by atoms with Gasteiger partial charge >= 0.3 is 0 Å². The molecule has 1 saturated carbocycles. The lowest BCUT2D eigenvalue weighted by Gasteiger charge is -2.33. The summed E-state index contributed by atoms with van der Waals surface area (Å²) in [5.74, 6) is 0.444. The molecular weight excluding hydrogens is 535 g/mol. The second kappa shape index (κ2) is 14.6. The lowest BCUT2D eigenvalue weighted by atomic mass is 9.94. The van der Waals surface area contributed by atoms with Crippen LogP contribution in [0.5, 0.6) is 0 Å². The average molecular weight is 570 g/mol. The van der Waals surface area contributed by atoms with Gasteiger partial charge in [-0.3, -0.25) is 9.59 Å². The standard InChI is InChI=1S/C31H34Cl2N2O2S/c32-25-15-17-27(18-16-25)38-20-19-30(36)35(22-24-11-7-8-14-28(24)33)29(21-23-9-3-1-4-10-23)31(37)34-26-12-5-2-6-13-26/h1,3-4,7-11,14-18,26,29H,2,5-6,12-13,19-22H2,(H,34,37)/t29-/m1/s1. The van der Waals surface area contributed by atoms with Gasteiger partial charge in [0.15, 0.2) is 0 Å². The van der Waals surface area contributed by atoms with E-state index >= 15 is 0 Å². The predicted molar refractivity (Wildman–Crippen MR) is 158 cm³/mol. The average Bonchev–Trinajstić information content (AvgIpc) is 2.93. The summed E-state index contributed by atoms with van der Waals surface area (Å²) in [6.07, 6.45) is 6.18. The van der Waals surface area contributed by atoms with Crippen LogP contribution in [0.1, 0.15) is 49.7 Å². The number of benzene rings is 3. The van der Waals surface area contributed by atoms with Crippen molar-refractivity contribution >= 4 is 46.8 Å². The maximum absolute atomic E-state index is 13.8. The molecule has 0 radical (unpaired) electrons. The van der Waals surface area contributed by atoms with E-state index in [0.717, 1.165) is 41.7 Å². The first kappa shape index (κ1) is 28.5. The van der Waals surface area contributed by atoms with Gasteiger partial charge < -0.3 is 10.2 Å². The summed E-state index contributed by atoms with van der Waals surface area (Å²) in [4.78, 5) is 30.4. The van der Waals surface area contributed by atoms with Crippen molar-refractivity contribution in [2.45, 2.75) is 68.5 Å². The van der Waals surface area contributed by atoms with E-state index in [0.29, 0.717) is 28.6 Å². The van der Waals surface area contributed by atoms with Crippen LogP contribution in [0, 0.1) is 0 Å². The van der Waals surface area contributed by atoms with E-state index < -0.39 is 6.04 Å². The number of amides is 2. The quantitative estimate of drug-likeness (QED) is 0.243. The Morgan fingerprint density at radius 1 is 0.895 bits per heavy atom. The highest BCUT2D eigenvalue weighted by atomic mass is 35.5. The summed E-state index contributed by atoms with van der Waals surface area (Å²) in [6.45, 7) is 0.277. The minimum atomic E-state index is -0.636. The smallest absolute Gasteiger partial charge is 0.243 e. The number of nitrogens with one attached hydrogen (secondary N) is 1. The van der Waals surface area contributed by atoms with Crippen molar-refractivity contribution in [2.75, 3.05) is 5.75 Å². The molecule has 0 unspecified atom stereocenters. The Morgan fingerprint density at radius 2 is 1.58 bits per heavy atom. The zero-order chi connectivity index (χ0) is 26.7. The van der Waals surface area contributed by atoms with Crippen LogP contribution in [0.3, 0.4) is 0 Å². The minimum absolute atomic E-state index is 0.0638. The number of halogens is 2. The molecule has 0 saturated heterocycles.